The van der Waals surface area contributed by atoms with Gasteiger partial charge >= 0.3 is 0 Å². The SMILES string of the molecule is CC(NCC(=O)NCc1ccc(Cl)cc1Cl)c1ccccc1Cl. The monoisotopic (exact) mass is 370 g/mol. The number of hydrogen-bond donors (Lipinski definition) is 2. The predicted molar refractivity (Wildman–Crippen MR) is 96.2 cm³/mol. The molecule has 6 heteroatoms. The van der Waals surface area contributed by atoms with Crippen molar-refractivity contribution in [3.63, 3.8) is 0 Å². The smallest absolute Gasteiger partial charge is 0.234 e. The number of nitrogens with one attached hydrogen (secondary N) is 2. The van der Waals surface area contributed by atoms with Gasteiger partial charge in [-0.3, -0.25) is 4.79 Å². The van der Waals surface area contributed by atoms with Crippen molar-refractivity contribution in [1.82, 2.24) is 10.6 Å². The fourth-order valence-electron chi connectivity index (χ4n) is 2.10. The Bertz CT molecular complexity index is 691. The van der Waals surface area contributed by atoms with Crippen LogP contribution in [0.1, 0.15) is 24.1 Å². The highest BCUT2D eigenvalue weighted by atomic mass is 35.5. The molecule has 0 radical (unpaired) electrons. The summed E-state index contributed by atoms with van der Waals surface area (Å²) in [6.07, 6.45) is 0. The maximum absolute atomic E-state index is 11.9. The maximum Gasteiger partial charge on any atom is 0.234 e. The normalized spacial score (nSPS) is 12.0. The first-order valence-electron chi connectivity index (χ1n) is 7.16. The van der Waals surface area contributed by atoms with Crippen molar-refractivity contribution in [1.29, 1.82) is 0 Å². The molecule has 0 spiro atoms. The Morgan fingerprint density at radius 1 is 1.09 bits per heavy atom. The van der Waals surface area contributed by atoms with Crippen LogP contribution in [0.3, 0.4) is 0 Å². The van der Waals surface area contributed by atoms with E-state index in [-0.39, 0.29) is 18.5 Å². The molecular weight excluding hydrogens is 355 g/mol. The van der Waals surface area contributed by atoms with Gasteiger partial charge in [-0.15, -0.1) is 0 Å². The van der Waals surface area contributed by atoms with Crippen molar-refractivity contribution in [2.75, 3.05) is 6.54 Å². The molecule has 1 amide bonds. The number of carbonyl (C=O) groups excluding carboxylic acids is 1. The highest BCUT2D eigenvalue weighted by Crippen LogP contribution is 2.22. The quantitative estimate of drug-likeness (QED) is 0.778. The molecule has 0 heterocycles. The van der Waals surface area contributed by atoms with Crippen LogP contribution in [0.25, 0.3) is 0 Å². The van der Waals surface area contributed by atoms with Crippen LogP contribution in [-0.4, -0.2) is 12.5 Å². The molecule has 0 saturated carbocycles. The second-order valence-electron chi connectivity index (χ2n) is 5.14. The van der Waals surface area contributed by atoms with Crippen molar-refractivity contribution < 1.29 is 4.79 Å². The standard InChI is InChI=1S/C17H17Cl3N2O/c1-11(14-4-2-3-5-15(14)19)21-10-17(23)22-9-12-6-7-13(18)8-16(12)20/h2-8,11,21H,9-10H2,1H3,(H,22,23). The number of rotatable bonds is 6. The first-order valence-corrected chi connectivity index (χ1v) is 8.29. The molecule has 0 aromatic heterocycles. The van der Waals surface area contributed by atoms with E-state index in [1.807, 2.05) is 31.2 Å². The lowest BCUT2D eigenvalue weighted by Crippen LogP contribution is -2.34. The molecule has 23 heavy (non-hydrogen) atoms. The van der Waals surface area contributed by atoms with E-state index >= 15 is 0 Å². The van der Waals surface area contributed by atoms with Gasteiger partial charge in [0.1, 0.15) is 0 Å². The van der Waals surface area contributed by atoms with Gasteiger partial charge in [0.25, 0.3) is 0 Å². The second kappa shape index (κ2) is 8.55. The lowest BCUT2D eigenvalue weighted by molar-refractivity contribution is -0.120. The molecule has 122 valence electrons. The number of hydrogen-bond acceptors (Lipinski definition) is 2. The van der Waals surface area contributed by atoms with Crippen LogP contribution < -0.4 is 10.6 Å². The Kier molecular flexibility index (Phi) is 6.72. The highest BCUT2D eigenvalue weighted by molar-refractivity contribution is 6.35. The largest absolute Gasteiger partial charge is 0.351 e. The minimum absolute atomic E-state index is 0.0198. The molecule has 0 bridgehead atoms. The van der Waals surface area contributed by atoms with Gasteiger partial charge in [0.2, 0.25) is 5.91 Å². The Balaban J connectivity index is 1.82. The van der Waals surface area contributed by atoms with Crippen LogP contribution in [0.2, 0.25) is 15.1 Å². The van der Waals surface area contributed by atoms with Gasteiger partial charge in [-0.1, -0.05) is 59.1 Å². The van der Waals surface area contributed by atoms with E-state index < -0.39 is 0 Å². The lowest BCUT2D eigenvalue weighted by atomic mass is 10.1. The molecule has 2 aromatic carbocycles. The Hall–Kier alpha value is -1.26. The van der Waals surface area contributed by atoms with Crippen LogP contribution in [0.5, 0.6) is 0 Å². The van der Waals surface area contributed by atoms with Crippen LogP contribution in [0, 0.1) is 0 Å². The topological polar surface area (TPSA) is 41.1 Å². The van der Waals surface area contributed by atoms with Crippen LogP contribution in [-0.2, 0) is 11.3 Å². The van der Waals surface area contributed by atoms with Gasteiger partial charge in [0, 0.05) is 27.7 Å². The molecule has 1 unspecified atom stereocenters. The average Bonchev–Trinajstić information content (AvgIpc) is 2.52. The van der Waals surface area contributed by atoms with E-state index in [4.69, 9.17) is 34.8 Å². The molecule has 0 aliphatic heterocycles. The van der Waals surface area contributed by atoms with E-state index in [1.165, 1.54) is 0 Å². The average molecular weight is 372 g/mol. The maximum atomic E-state index is 11.9. The molecule has 0 fully saturated rings. The van der Waals surface area contributed by atoms with Gasteiger partial charge < -0.3 is 10.6 Å². The molecule has 2 N–H and O–H groups in total. The third-order valence-corrected chi connectivity index (χ3v) is 4.36. The van der Waals surface area contributed by atoms with Crippen molar-refractivity contribution in [2.45, 2.75) is 19.5 Å². The van der Waals surface area contributed by atoms with Gasteiger partial charge in [0.15, 0.2) is 0 Å². The third kappa shape index (κ3) is 5.40. The minimum Gasteiger partial charge on any atom is -0.351 e. The summed E-state index contributed by atoms with van der Waals surface area (Å²) in [4.78, 5) is 11.9. The van der Waals surface area contributed by atoms with Crippen molar-refractivity contribution in [2.24, 2.45) is 0 Å². The fraction of sp³-hybridized carbons (Fsp3) is 0.235. The molecule has 2 rings (SSSR count). The summed E-state index contributed by atoms with van der Waals surface area (Å²) in [5.41, 5.74) is 1.78. The second-order valence-corrected chi connectivity index (χ2v) is 6.39. The summed E-state index contributed by atoms with van der Waals surface area (Å²) in [5.74, 6) is -0.116. The zero-order valence-corrected chi connectivity index (χ0v) is 14.8. The van der Waals surface area contributed by atoms with Gasteiger partial charge in [-0.05, 0) is 36.2 Å². The van der Waals surface area contributed by atoms with Crippen LogP contribution >= 0.6 is 34.8 Å². The first-order chi connectivity index (χ1) is 11.0. The van der Waals surface area contributed by atoms with E-state index in [0.717, 1.165) is 11.1 Å². The highest BCUT2D eigenvalue weighted by Gasteiger charge is 2.10. The zero-order chi connectivity index (χ0) is 16.8. The fourth-order valence-corrected chi connectivity index (χ4v) is 2.88. The van der Waals surface area contributed by atoms with Crippen LogP contribution in [0.15, 0.2) is 42.5 Å². The zero-order valence-electron chi connectivity index (χ0n) is 12.6. The summed E-state index contributed by atoms with van der Waals surface area (Å²) in [5, 5.41) is 7.76. The molecular formula is C17H17Cl3N2O. The molecule has 0 aliphatic rings. The van der Waals surface area contributed by atoms with Crippen molar-refractivity contribution >= 4 is 40.7 Å². The van der Waals surface area contributed by atoms with Gasteiger partial charge in [-0.25, -0.2) is 0 Å². The van der Waals surface area contributed by atoms with E-state index in [1.54, 1.807) is 18.2 Å². The molecule has 0 aliphatic carbocycles. The summed E-state index contributed by atoms with van der Waals surface area (Å²) < 4.78 is 0. The summed E-state index contributed by atoms with van der Waals surface area (Å²) in [6, 6.07) is 12.7. The molecule has 1 atom stereocenters. The Morgan fingerprint density at radius 2 is 1.83 bits per heavy atom. The van der Waals surface area contributed by atoms with Gasteiger partial charge in [0.05, 0.1) is 6.54 Å². The number of amides is 1. The van der Waals surface area contributed by atoms with Crippen LogP contribution in [0.4, 0.5) is 0 Å². The molecule has 2 aromatic rings. The van der Waals surface area contributed by atoms with Crippen molar-refractivity contribution in [3.05, 3.63) is 68.7 Å². The third-order valence-electron chi connectivity index (χ3n) is 3.43. The lowest BCUT2D eigenvalue weighted by Gasteiger charge is -2.15. The minimum atomic E-state index is -0.116. The predicted octanol–water partition coefficient (Wildman–Crippen LogP) is 4.61. The number of halogens is 3. The van der Waals surface area contributed by atoms with E-state index in [0.29, 0.717) is 21.6 Å². The summed E-state index contributed by atoms with van der Waals surface area (Å²) >= 11 is 18.1. The summed E-state index contributed by atoms with van der Waals surface area (Å²) in [6.45, 7) is 2.51. The van der Waals surface area contributed by atoms with Gasteiger partial charge in [-0.2, -0.15) is 0 Å². The first kappa shape index (κ1) is 18.1. The summed E-state index contributed by atoms with van der Waals surface area (Å²) in [7, 11) is 0. The number of benzene rings is 2. The number of carbonyl (C=O) groups is 1. The molecule has 0 saturated heterocycles. The molecule has 3 nitrogen and oxygen atoms in total. The van der Waals surface area contributed by atoms with E-state index in [9.17, 15) is 4.79 Å². The van der Waals surface area contributed by atoms with Crippen molar-refractivity contribution in [3.8, 4) is 0 Å². The van der Waals surface area contributed by atoms with E-state index in [2.05, 4.69) is 10.6 Å². The Morgan fingerprint density at radius 3 is 2.52 bits per heavy atom. The Labute approximate surface area is 150 Å².